The number of carbonyl (C=O) groups is 1. The smallest absolute Gasteiger partial charge is 0.330 e. The van der Waals surface area contributed by atoms with Gasteiger partial charge in [0.05, 0.1) is 6.61 Å². The van der Waals surface area contributed by atoms with Crippen LogP contribution in [0.15, 0.2) is 76.0 Å². The van der Waals surface area contributed by atoms with Crippen molar-refractivity contribution >= 4 is 23.0 Å². The largest absolute Gasteiger partial charge is 0.508 e. The number of benzene rings is 3. The third-order valence-electron chi connectivity index (χ3n) is 8.76. The predicted molar refractivity (Wildman–Crippen MR) is 181 cm³/mol. The molecule has 18 nitrogen and oxygen atoms in total. The van der Waals surface area contributed by atoms with E-state index in [1.54, 1.807) is 0 Å². The summed E-state index contributed by atoms with van der Waals surface area (Å²) in [5.41, 5.74) is -0.611. The van der Waals surface area contributed by atoms with Crippen molar-refractivity contribution in [1.29, 1.82) is 0 Å². The Bertz CT molecular complexity index is 2030. The Labute approximate surface area is 304 Å². The molecule has 10 N–H and O–H groups in total. The molecule has 54 heavy (non-hydrogen) atoms. The lowest BCUT2D eigenvalue weighted by molar-refractivity contribution is -0.352. The molecule has 2 saturated heterocycles. The van der Waals surface area contributed by atoms with Crippen molar-refractivity contribution in [3.8, 4) is 40.1 Å². The van der Waals surface area contributed by atoms with Crippen LogP contribution in [0.3, 0.4) is 0 Å². The minimum absolute atomic E-state index is 0.000110. The van der Waals surface area contributed by atoms with Crippen molar-refractivity contribution < 1.29 is 84.0 Å². The first-order valence-electron chi connectivity index (χ1n) is 16.4. The maximum absolute atomic E-state index is 13.9. The number of phenols is 4. The minimum atomic E-state index is -2.09. The van der Waals surface area contributed by atoms with E-state index < -0.39 is 109 Å². The highest BCUT2D eigenvalue weighted by Crippen LogP contribution is 2.38. The summed E-state index contributed by atoms with van der Waals surface area (Å²) in [6.45, 7) is -1.55. The second-order valence-electron chi connectivity index (χ2n) is 12.5. The number of aromatic hydroxyl groups is 4. The molecule has 0 saturated carbocycles. The van der Waals surface area contributed by atoms with Gasteiger partial charge in [-0.2, -0.15) is 0 Å². The molecule has 0 spiro atoms. The molecule has 4 aromatic rings. The average Bonchev–Trinajstić information content (AvgIpc) is 3.14. The number of ether oxygens (including phenoxy) is 5. The van der Waals surface area contributed by atoms with E-state index in [4.69, 9.17) is 28.1 Å². The van der Waals surface area contributed by atoms with Crippen molar-refractivity contribution in [2.24, 2.45) is 0 Å². The zero-order valence-electron chi connectivity index (χ0n) is 27.9. The highest BCUT2D eigenvalue weighted by Gasteiger charge is 2.52. The monoisotopic (exact) mass is 756 g/mol. The quantitative estimate of drug-likeness (QED) is 0.0724. The van der Waals surface area contributed by atoms with Gasteiger partial charge in [0.1, 0.15) is 89.4 Å². The van der Waals surface area contributed by atoms with Crippen LogP contribution in [-0.2, 0) is 23.7 Å². The summed E-state index contributed by atoms with van der Waals surface area (Å²) in [6, 6.07) is 13.0. The molecular formula is C36H36O18. The molecule has 0 bridgehead atoms. The number of hydrogen-bond acceptors (Lipinski definition) is 18. The molecular weight excluding hydrogens is 720 g/mol. The summed E-state index contributed by atoms with van der Waals surface area (Å²) in [4.78, 5) is 26.6. The molecule has 1 aromatic heterocycles. The fourth-order valence-electron chi connectivity index (χ4n) is 5.90. The lowest BCUT2D eigenvalue weighted by Crippen LogP contribution is -2.65. The second kappa shape index (κ2) is 16.0. The van der Waals surface area contributed by atoms with Gasteiger partial charge in [0.15, 0.2) is 12.1 Å². The zero-order valence-corrected chi connectivity index (χ0v) is 27.9. The Hall–Kier alpha value is -5.28. The maximum atomic E-state index is 13.9. The van der Waals surface area contributed by atoms with Gasteiger partial charge in [-0.05, 0) is 48.0 Å². The molecule has 2 aliphatic rings. The van der Waals surface area contributed by atoms with Gasteiger partial charge in [-0.15, -0.1) is 0 Å². The van der Waals surface area contributed by atoms with Crippen molar-refractivity contribution in [2.45, 2.75) is 61.4 Å². The number of esters is 1. The van der Waals surface area contributed by atoms with Gasteiger partial charge in [-0.3, -0.25) is 4.79 Å². The van der Waals surface area contributed by atoms with Crippen LogP contribution in [0, 0.1) is 0 Å². The SMILES string of the molecule is O=C(C=Cc1ccc(O)cc1)OCC1OC(Oc2c(-c3ccc(O)cc3)oc3cc(O)cc(O)c3c2=O)C(O)C(O)C1OC1OC(CO)C(O)C(O)C1O. The van der Waals surface area contributed by atoms with E-state index >= 15 is 0 Å². The van der Waals surface area contributed by atoms with Crippen LogP contribution in [0.25, 0.3) is 28.4 Å². The molecule has 0 radical (unpaired) electrons. The Morgan fingerprint density at radius 2 is 1.37 bits per heavy atom. The molecule has 0 aliphatic carbocycles. The van der Waals surface area contributed by atoms with Gasteiger partial charge >= 0.3 is 5.97 Å². The maximum Gasteiger partial charge on any atom is 0.330 e. The predicted octanol–water partition coefficient (Wildman–Crippen LogP) is -0.450. The lowest BCUT2D eigenvalue weighted by atomic mass is 9.97. The molecule has 2 aliphatic heterocycles. The Morgan fingerprint density at radius 1 is 0.741 bits per heavy atom. The van der Waals surface area contributed by atoms with E-state index in [1.807, 2.05) is 0 Å². The summed E-state index contributed by atoms with van der Waals surface area (Å²) in [5, 5.41) is 103. The number of rotatable bonds is 10. The summed E-state index contributed by atoms with van der Waals surface area (Å²) >= 11 is 0. The number of phenolic OH excluding ortho intramolecular Hbond substituents is 4. The van der Waals surface area contributed by atoms with Crippen molar-refractivity contribution in [2.75, 3.05) is 13.2 Å². The fraction of sp³-hybridized carbons (Fsp3) is 0.333. The number of aliphatic hydroxyl groups is 6. The molecule has 10 atom stereocenters. The Balaban J connectivity index is 1.33. The zero-order chi connectivity index (χ0) is 38.8. The summed E-state index contributed by atoms with van der Waals surface area (Å²) in [6.07, 6.45) is -15.9. The molecule has 2 fully saturated rings. The number of fused-ring (bicyclic) bond motifs is 1. The molecule has 288 valence electrons. The van der Waals surface area contributed by atoms with Gasteiger partial charge < -0.3 is 79.2 Å². The van der Waals surface area contributed by atoms with E-state index in [1.165, 1.54) is 54.6 Å². The van der Waals surface area contributed by atoms with E-state index in [0.717, 1.165) is 18.2 Å². The highest BCUT2D eigenvalue weighted by molar-refractivity contribution is 5.88. The van der Waals surface area contributed by atoms with Crippen LogP contribution >= 0.6 is 0 Å². The van der Waals surface area contributed by atoms with Crippen molar-refractivity contribution in [1.82, 2.24) is 0 Å². The first kappa shape index (κ1) is 38.4. The van der Waals surface area contributed by atoms with E-state index in [0.29, 0.717) is 5.56 Å². The van der Waals surface area contributed by atoms with Crippen LogP contribution in [0.5, 0.6) is 28.7 Å². The van der Waals surface area contributed by atoms with Gasteiger partial charge in [-0.1, -0.05) is 12.1 Å². The average molecular weight is 757 g/mol. The van der Waals surface area contributed by atoms with Crippen molar-refractivity contribution in [3.63, 3.8) is 0 Å². The molecule has 18 heteroatoms. The minimum Gasteiger partial charge on any atom is -0.508 e. The van der Waals surface area contributed by atoms with E-state index in [9.17, 15) is 60.7 Å². The third-order valence-corrected chi connectivity index (χ3v) is 8.76. The first-order chi connectivity index (χ1) is 25.7. The topological polar surface area (TPSA) is 296 Å². The summed E-state index contributed by atoms with van der Waals surface area (Å²) < 4.78 is 34.1. The van der Waals surface area contributed by atoms with Crippen LogP contribution < -0.4 is 10.2 Å². The Morgan fingerprint density at radius 3 is 2.04 bits per heavy atom. The third kappa shape index (κ3) is 7.97. The lowest BCUT2D eigenvalue weighted by Gasteiger charge is -2.46. The highest BCUT2D eigenvalue weighted by atomic mass is 16.7. The van der Waals surface area contributed by atoms with Crippen LogP contribution in [0.2, 0.25) is 0 Å². The number of hydrogen-bond donors (Lipinski definition) is 10. The normalized spacial score (nSPS) is 28.6. The van der Waals surface area contributed by atoms with E-state index in [2.05, 4.69) is 0 Å². The number of aliphatic hydroxyl groups excluding tert-OH is 6. The van der Waals surface area contributed by atoms with Gasteiger partial charge in [0, 0.05) is 23.8 Å². The summed E-state index contributed by atoms with van der Waals surface area (Å²) in [7, 11) is 0. The van der Waals surface area contributed by atoms with Crippen LogP contribution in [0.1, 0.15) is 5.56 Å². The molecule has 6 rings (SSSR count). The van der Waals surface area contributed by atoms with Gasteiger partial charge in [0.2, 0.25) is 17.5 Å². The molecule has 3 aromatic carbocycles. The Kier molecular flexibility index (Phi) is 11.4. The molecule has 3 heterocycles. The number of carbonyl (C=O) groups excluding carboxylic acids is 1. The van der Waals surface area contributed by atoms with E-state index in [-0.39, 0.29) is 28.4 Å². The molecule has 0 amide bonds. The van der Waals surface area contributed by atoms with Crippen molar-refractivity contribution in [3.05, 3.63) is 82.5 Å². The van der Waals surface area contributed by atoms with Gasteiger partial charge in [0.25, 0.3) is 0 Å². The van der Waals surface area contributed by atoms with Crippen LogP contribution in [-0.4, -0.2) is 132 Å². The molecule has 10 unspecified atom stereocenters. The van der Waals surface area contributed by atoms with Crippen LogP contribution in [0.4, 0.5) is 0 Å². The standard InChI is InChI=1S/C36H36O18/c37-13-22-26(43)28(45)30(47)35(51-22)53-33-23(14-49-24(42)10-3-15-1-6-17(38)7-2-15)52-36(31(48)29(33)46)54-34-27(44)25-20(41)11-19(40)12-21(25)50-32(34)16-4-8-18(39)9-5-16/h1-12,22-23,26,28-31,33,35-41,43,45-48H,13-14H2. The van der Waals surface area contributed by atoms with Gasteiger partial charge in [-0.25, -0.2) is 4.79 Å². The second-order valence-corrected chi connectivity index (χ2v) is 12.5. The first-order valence-corrected chi connectivity index (χ1v) is 16.4. The summed E-state index contributed by atoms with van der Waals surface area (Å²) in [5.74, 6) is -3.18. The fourth-order valence-corrected chi connectivity index (χ4v) is 5.90.